The van der Waals surface area contributed by atoms with Crippen LogP contribution in [0, 0.1) is 0 Å². The summed E-state index contributed by atoms with van der Waals surface area (Å²) in [4.78, 5) is 15.9. The van der Waals surface area contributed by atoms with Crippen LogP contribution in [0.3, 0.4) is 0 Å². The van der Waals surface area contributed by atoms with E-state index in [9.17, 15) is 4.79 Å². The van der Waals surface area contributed by atoms with Crippen LogP contribution in [0.5, 0.6) is 0 Å². The second-order valence-corrected chi connectivity index (χ2v) is 6.08. The first kappa shape index (κ1) is 14.0. The number of amides is 1. The zero-order valence-electron chi connectivity index (χ0n) is 10.3. The maximum absolute atomic E-state index is 11.8. The number of hydrogen-bond acceptors (Lipinski definition) is 3. The third-order valence-electron chi connectivity index (χ3n) is 2.42. The van der Waals surface area contributed by atoms with Crippen molar-refractivity contribution in [2.45, 2.75) is 26.4 Å². The van der Waals surface area contributed by atoms with E-state index in [2.05, 4.69) is 27.5 Å². The van der Waals surface area contributed by atoms with Gasteiger partial charge in [-0.3, -0.25) is 4.90 Å². The predicted octanol–water partition coefficient (Wildman–Crippen LogP) is 1.97. The predicted molar refractivity (Wildman–Crippen MR) is 73.1 cm³/mol. The van der Waals surface area contributed by atoms with E-state index < -0.39 is 5.60 Å². The Kier molecular flexibility index (Phi) is 5.30. The summed E-state index contributed by atoms with van der Waals surface area (Å²) in [6.07, 6.45) is -0.179. The highest BCUT2D eigenvalue weighted by atomic mass is 127. The molecular weight excluding hydrogens is 319 g/mol. The Morgan fingerprint density at radius 2 is 1.81 bits per heavy atom. The molecular formula is C11H21IN2O2. The number of hydrogen-bond donors (Lipinski definition) is 0. The lowest BCUT2D eigenvalue weighted by Crippen LogP contribution is -2.50. The van der Waals surface area contributed by atoms with Crippen LogP contribution in [-0.2, 0) is 4.74 Å². The van der Waals surface area contributed by atoms with E-state index >= 15 is 0 Å². The molecule has 16 heavy (non-hydrogen) atoms. The summed E-state index contributed by atoms with van der Waals surface area (Å²) < 4.78 is 6.48. The molecule has 0 aliphatic carbocycles. The van der Waals surface area contributed by atoms with E-state index in [1.165, 1.54) is 0 Å². The average molecular weight is 340 g/mol. The minimum Gasteiger partial charge on any atom is -0.444 e. The van der Waals surface area contributed by atoms with Gasteiger partial charge < -0.3 is 9.64 Å². The maximum atomic E-state index is 11.8. The quantitative estimate of drug-likeness (QED) is 0.569. The molecule has 0 bridgehead atoms. The second-order valence-electron chi connectivity index (χ2n) is 5.00. The van der Waals surface area contributed by atoms with Crippen LogP contribution in [0.2, 0.25) is 0 Å². The Hall–Kier alpha value is -0.0400. The van der Waals surface area contributed by atoms with Crippen molar-refractivity contribution in [3.8, 4) is 0 Å². The minimum absolute atomic E-state index is 0.179. The molecule has 4 nitrogen and oxygen atoms in total. The Labute approximate surface area is 111 Å². The van der Waals surface area contributed by atoms with Crippen LogP contribution < -0.4 is 0 Å². The van der Waals surface area contributed by atoms with E-state index in [0.717, 1.165) is 37.2 Å². The first-order valence-electron chi connectivity index (χ1n) is 5.68. The summed E-state index contributed by atoms with van der Waals surface area (Å²) in [7, 11) is 0. The van der Waals surface area contributed by atoms with Crippen molar-refractivity contribution in [3.63, 3.8) is 0 Å². The zero-order chi connectivity index (χ0) is 12.2. The van der Waals surface area contributed by atoms with Gasteiger partial charge in [0.15, 0.2) is 0 Å². The number of nitrogens with zero attached hydrogens (tertiary/aromatic N) is 2. The molecule has 1 amide bonds. The summed E-state index contributed by atoms with van der Waals surface area (Å²) >= 11 is 2.38. The van der Waals surface area contributed by atoms with E-state index in [1.807, 2.05) is 20.8 Å². The molecule has 0 N–H and O–H groups in total. The fourth-order valence-corrected chi connectivity index (χ4v) is 2.28. The molecule has 0 atom stereocenters. The molecule has 0 saturated carbocycles. The van der Waals surface area contributed by atoms with Crippen molar-refractivity contribution in [2.75, 3.05) is 37.2 Å². The monoisotopic (exact) mass is 340 g/mol. The molecule has 1 rings (SSSR count). The second kappa shape index (κ2) is 6.05. The number of ether oxygens (including phenoxy) is 1. The molecule has 0 radical (unpaired) electrons. The smallest absolute Gasteiger partial charge is 0.410 e. The van der Waals surface area contributed by atoms with Crippen LogP contribution >= 0.6 is 22.6 Å². The molecule has 1 fully saturated rings. The van der Waals surface area contributed by atoms with Gasteiger partial charge in [0.1, 0.15) is 5.60 Å². The molecule has 1 saturated heterocycles. The fourth-order valence-electron chi connectivity index (χ4n) is 1.60. The molecule has 0 unspecified atom stereocenters. The van der Waals surface area contributed by atoms with Gasteiger partial charge in [-0.1, -0.05) is 22.6 Å². The SMILES string of the molecule is CC(C)(C)OC(=O)N1CCN(CCI)CC1. The standard InChI is InChI=1S/C11H21IN2O2/c1-11(2,3)16-10(15)14-8-6-13(5-4-12)7-9-14/h4-9H2,1-3H3. The topological polar surface area (TPSA) is 32.8 Å². The van der Waals surface area contributed by atoms with E-state index in [4.69, 9.17) is 4.74 Å². The van der Waals surface area contributed by atoms with E-state index in [-0.39, 0.29) is 6.09 Å². The third-order valence-corrected chi connectivity index (χ3v) is 2.91. The number of alkyl halides is 1. The fraction of sp³-hybridized carbons (Fsp3) is 0.909. The lowest BCUT2D eigenvalue weighted by atomic mass is 10.2. The molecule has 1 aliphatic heterocycles. The number of rotatable bonds is 2. The molecule has 1 heterocycles. The zero-order valence-corrected chi connectivity index (χ0v) is 12.5. The Morgan fingerprint density at radius 3 is 2.25 bits per heavy atom. The lowest BCUT2D eigenvalue weighted by Gasteiger charge is -2.35. The van der Waals surface area contributed by atoms with Crippen molar-refractivity contribution in [3.05, 3.63) is 0 Å². The number of carbonyl (C=O) groups excluding carboxylic acids is 1. The van der Waals surface area contributed by atoms with Gasteiger partial charge in [-0.05, 0) is 20.8 Å². The van der Waals surface area contributed by atoms with Crippen molar-refractivity contribution in [1.82, 2.24) is 9.80 Å². The van der Waals surface area contributed by atoms with Gasteiger partial charge in [0.05, 0.1) is 0 Å². The molecule has 94 valence electrons. The number of piperazine rings is 1. The summed E-state index contributed by atoms with van der Waals surface area (Å²) in [6, 6.07) is 0. The highest BCUT2D eigenvalue weighted by Crippen LogP contribution is 2.11. The van der Waals surface area contributed by atoms with Gasteiger partial charge in [0.2, 0.25) is 0 Å². The van der Waals surface area contributed by atoms with Crippen LogP contribution in [0.1, 0.15) is 20.8 Å². The largest absolute Gasteiger partial charge is 0.444 e. The first-order chi connectivity index (χ1) is 7.42. The average Bonchev–Trinajstić information content (AvgIpc) is 2.16. The molecule has 5 heteroatoms. The van der Waals surface area contributed by atoms with Crippen molar-refractivity contribution >= 4 is 28.7 Å². The Balaban J connectivity index is 2.33. The highest BCUT2D eigenvalue weighted by Gasteiger charge is 2.25. The highest BCUT2D eigenvalue weighted by molar-refractivity contribution is 14.1. The maximum Gasteiger partial charge on any atom is 0.410 e. The van der Waals surface area contributed by atoms with Crippen molar-refractivity contribution in [1.29, 1.82) is 0 Å². The molecule has 0 aromatic carbocycles. The third kappa shape index (κ3) is 4.86. The van der Waals surface area contributed by atoms with Crippen LogP contribution in [0.15, 0.2) is 0 Å². The van der Waals surface area contributed by atoms with Crippen LogP contribution in [0.4, 0.5) is 4.79 Å². The van der Waals surface area contributed by atoms with Crippen molar-refractivity contribution < 1.29 is 9.53 Å². The van der Waals surface area contributed by atoms with Gasteiger partial charge in [-0.15, -0.1) is 0 Å². The Morgan fingerprint density at radius 1 is 1.25 bits per heavy atom. The normalized spacial score (nSPS) is 18.6. The van der Waals surface area contributed by atoms with Gasteiger partial charge in [-0.25, -0.2) is 4.79 Å². The lowest BCUT2D eigenvalue weighted by molar-refractivity contribution is 0.0150. The van der Waals surface area contributed by atoms with Gasteiger partial charge in [0.25, 0.3) is 0 Å². The van der Waals surface area contributed by atoms with Crippen LogP contribution in [0.25, 0.3) is 0 Å². The van der Waals surface area contributed by atoms with E-state index in [0.29, 0.717) is 0 Å². The first-order valence-corrected chi connectivity index (χ1v) is 7.21. The summed E-state index contributed by atoms with van der Waals surface area (Å²) in [5.41, 5.74) is -0.392. The number of carbonyl (C=O) groups is 1. The molecule has 0 aromatic heterocycles. The minimum atomic E-state index is -0.392. The van der Waals surface area contributed by atoms with Gasteiger partial charge in [0, 0.05) is 37.2 Å². The molecule has 0 aromatic rings. The van der Waals surface area contributed by atoms with Gasteiger partial charge in [-0.2, -0.15) is 0 Å². The van der Waals surface area contributed by atoms with Crippen molar-refractivity contribution in [2.24, 2.45) is 0 Å². The summed E-state index contributed by atoms with van der Waals surface area (Å²) in [5, 5.41) is 0. The number of halogens is 1. The molecule has 0 spiro atoms. The summed E-state index contributed by atoms with van der Waals surface area (Å²) in [6.45, 7) is 10.3. The molecule has 1 aliphatic rings. The van der Waals surface area contributed by atoms with Gasteiger partial charge >= 0.3 is 6.09 Å². The Bertz CT molecular complexity index is 233. The summed E-state index contributed by atoms with van der Waals surface area (Å²) in [5.74, 6) is 0. The van der Waals surface area contributed by atoms with Crippen LogP contribution in [-0.4, -0.2) is 58.6 Å². The van der Waals surface area contributed by atoms with E-state index in [1.54, 1.807) is 4.90 Å².